The van der Waals surface area contributed by atoms with Crippen LogP contribution < -0.4 is 0 Å². The van der Waals surface area contributed by atoms with Gasteiger partial charge in [0.15, 0.2) is 0 Å². The van der Waals surface area contributed by atoms with Gasteiger partial charge in [-0.15, -0.1) is 0 Å². The van der Waals surface area contributed by atoms with Crippen LogP contribution in [0.4, 0.5) is 4.39 Å². The van der Waals surface area contributed by atoms with Crippen LogP contribution in [0.15, 0.2) is 53.1 Å². The van der Waals surface area contributed by atoms with E-state index in [2.05, 4.69) is 27.1 Å². The average Bonchev–Trinajstić information content (AvgIpc) is 3.32. The Morgan fingerprint density at radius 2 is 1.75 bits per heavy atom. The standard InChI is InChI=1S/C25H29FN4O2/c26-22-10-3-2-9-21(22)23(30-13-15-31-16-14-30)25-27-24(28-32-25)20-8-6-7-19(17-20)18-29-11-4-1-5-12-29/h2-3,6-10,17,23H,1,4-5,11-16,18H2/t23-/m0/s1. The Morgan fingerprint density at radius 3 is 2.56 bits per heavy atom. The Bertz CT molecular complexity index is 1030. The SMILES string of the molecule is Fc1ccccc1[C@@H](c1nc(-c2cccc(CN3CCCCC3)c2)no1)N1CCOCC1. The Morgan fingerprint density at radius 1 is 0.938 bits per heavy atom. The van der Waals surface area contributed by atoms with Crippen molar-refractivity contribution in [3.8, 4) is 11.4 Å². The van der Waals surface area contributed by atoms with E-state index in [1.54, 1.807) is 12.1 Å². The van der Waals surface area contributed by atoms with Gasteiger partial charge in [0.05, 0.1) is 13.2 Å². The number of benzene rings is 2. The maximum Gasteiger partial charge on any atom is 0.249 e. The van der Waals surface area contributed by atoms with Crippen LogP contribution in [0.2, 0.25) is 0 Å². The van der Waals surface area contributed by atoms with Gasteiger partial charge in [0.2, 0.25) is 11.7 Å². The zero-order chi connectivity index (χ0) is 21.8. The Balaban J connectivity index is 1.42. The minimum atomic E-state index is -0.433. The normalized spacial score (nSPS) is 19.2. The van der Waals surface area contributed by atoms with Gasteiger partial charge in [0, 0.05) is 30.8 Å². The number of hydrogen-bond donors (Lipinski definition) is 0. The topological polar surface area (TPSA) is 54.6 Å². The van der Waals surface area contributed by atoms with Gasteiger partial charge >= 0.3 is 0 Å². The van der Waals surface area contributed by atoms with E-state index in [-0.39, 0.29) is 5.82 Å². The maximum absolute atomic E-state index is 14.7. The first-order valence-corrected chi connectivity index (χ1v) is 11.5. The first-order chi connectivity index (χ1) is 15.8. The highest BCUT2D eigenvalue weighted by molar-refractivity contribution is 5.55. The number of aromatic nitrogens is 2. The lowest BCUT2D eigenvalue weighted by Gasteiger charge is -2.32. The van der Waals surface area contributed by atoms with E-state index in [1.165, 1.54) is 30.9 Å². The van der Waals surface area contributed by atoms with Crippen molar-refractivity contribution < 1.29 is 13.7 Å². The van der Waals surface area contributed by atoms with E-state index >= 15 is 0 Å². The van der Waals surface area contributed by atoms with Crippen molar-refractivity contribution in [1.29, 1.82) is 0 Å². The van der Waals surface area contributed by atoms with Crippen molar-refractivity contribution in [3.05, 3.63) is 71.4 Å². The molecule has 168 valence electrons. The molecule has 2 fully saturated rings. The molecule has 0 unspecified atom stereocenters. The fraction of sp³-hybridized carbons (Fsp3) is 0.440. The van der Waals surface area contributed by atoms with Gasteiger partial charge in [-0.25, -0.2) is 4.39 Å². The van der Waals surface area contributed by atoms with E-state index in [1.807, 2.05) is 18.2 Å². The van der Waals surface area contributed by atoms with Gasteiger partial charge in [-0.3, -0.25) is 9.80 Å². The summed E-state index contributed by atoms with van der Waals surface area (Å²) in [5, 5.41) is 4.27. The van der Waals surface area contributed by atoms with Crippen LogP contribution in [0.1, 0.15) is 42.3 Å². The molecule has 0 N–H and O–H groups in total. The molecule has 2 aliphatic heterocycles. The number of ether oxygens (including phenoxy) is 1. The molecule has 7 heteroatoms. The molecule has 2 saturated heterocycles. The molecule has 0 aliphatic carbocycles. The van der Waals surface area contributed by atoms with Crippen molar-refractivity contribution in [2.45, 2.75) is 31.8 Å². The van der Waals surface area contributed by atoms with E-state index < -0.39 is 6.04 Å². The zero-order valence-electron chi connectivity index (χ0n) is 18.3. The fourth-order valence-corrected chi connectivity index (χ4v) is 4.67. The van der Waals surface area contributed by atoms with E-state index in [0.29, 0.717) is 43.6 Å². The Labute approximate surface area is 188 Å². The molecule has 0 amide bonds. The van der Waals surface area contributed by atoms with Gasteiger partial charge < -0.3 is 9.26 Å². The highest BCUT2D eigenvalue weighted by Crippen LogP contribution is 2.31. The average molecular weight is 437 g/mol. The van der Waals surface area contributed by atoms with Crippen molar-refractivity contribution in [2.75, 3.05) is 39.4 Å². The largest absolute Gasteiger partial charge is 0.379 e. The predicted molar refractivity (Wildman–Crippen MR) is 119 cm³/mol. The lowest BCUT2D eigenvalue weighted by atomic mass is 10.0. The quantitative estimate of drug-likeness (QED) is 0.575. The summed E-state index contributed by atoms with van der Waals surface area (Å²) in [6.45, 7) is 5.81. The van der Waals surface area contributed by atoms with Gasteiger partial charge in [-0.1, -0.05) is 48.0 Å². The van der Waals surface area contributed by atoms with Crippen molar-refractivity contribution in [3.63, 3.8) is 0 Å². The second-order valence-corrected chi connectivity index (χ2v) is 8.57. The van der Waals surface area contributed by atoms with Gasteiger partial charge in [0.1, 0.15) is 11.9 Å². The highest BCUT2D eigenvalue weighted by Gasteiger charge is 2.31. The zero-order valence-corrected chi connectivity index (χ0v) is 18.3. The van der Waals surface area contributed by atoms with E-state index in [0.717, 1.165) is 25.2 Å². The highest BCUT2D eigenvalue weighted by atomic mass is 19.1. The summed E-state index contributed by atoms with van der Waals surface area (Å²) in [7, 11) is 0. The summed E-state index contributed by atoms with van der Waals surface area (Å²) in [6.07, 6.45) is 3.87. The Kier molecular flexibility index (Phi) is 6.57. The van der Waals surface area contributed by atoms with E-state index in [9.17, 15) is 4.39 Å². The van der Waals surface area contributed by atoms with Crippen LogP contribution in [0.5, 0.6) is 0 Å². The molecule has 0 bridgehead atoms. The summed E-state index contributed by atoms with van der Waals surface area (Å²) in [4.78, 5) is 9.36. The monoisotopic (exact) mass is 436 g/mol. The smallest absolute Gasteiger partial charge is 0.249 e. The molecule has 1 atom stereocenters. The predicted octanol–water partition coefficient (Wildman–Crippen LogP) is 4.28. The van der Waals surface area contributed by atoms with Crippen molar-refractivity contribution >= 4 is 0 Å². The molecule has 5 rings (SSSR count). The fourth-order valence-electron chi connectivity index (χ4n) is 4.67. The molecule has 32 heavy (non-hydrogen) atoms. The number of halogens is 1. The molecule has 1 aromatic heterocycles. The van der Waals surface area contributed by atoms with Gasteiger partial charge in [-0.05, 0) is 43.6 Å². The van der Waals surface area contributed by atoms with Crippen molar-refractivity contribution in [1.82, 2.24) is 19.9 Å². The third-order valence-corrected chi connectivity index (χ3v) is 6.33. The summed E-state index contributed by atoms with van der Waals surface area (Å²) < 4.78 is 25.9. The number of morpholine rings is 1. The van der Waals surface area contributed by atoms with Crippen molar-refractivity contribution in [2.24, 2.45) is 0 Å². The number of likely N-dealkylation sites (tertiary alicyclic amines) is 1. The summed E-state index contributed by atoms with van der Waals surface area (Å²) in [5.74, 6) is 0.677. The second-order valence-electron chi connectivity index (χ2n) is 8.57. The molecule has 3 heterocycles. The first-order valence-electron chi connectivity index (χ1n) is 11.5. The second kappa shape index (κ2) is 9.90. The van der Waals surface area contributed by atoms with Crippen LogP contribution in [-0.2, 0) is 11.3 Å². The molecular weight excluding hydrogens is 407 g/mol. The number of nitrogens with zero attached hydrogens (tertiary/aromatic N) is 4. The summed E-state index contributed by atoms with van der Waals surface area (Å²) in [5.41, 5.74) is 2.71. The molecule has 2 aliphatic rings. The Hall–Kier alpha value is -2.61. The third kappa shape index (κ3) is 4.75. The van der Waals surface area contributed by atoms with Crippen LogP contribution in [0, 0.1) is 5.82 Å². The molecule has 0 radical (unpaired) electrons. The molecule has 2 aromatic carbocycles. The first kappa shape index (κ1) is 21.2. The summed E-state index contributed by atoms with van der Waals surface area (Å²) in [6, 6.07) is 14.7. The lowest BCUT2D eigenvalue weighted by molar-refractivity contribution is 0.0174. The molecule has 0 spiro atoms. The van der Waals surface area contributed by atoms with Crippen LogP contribution in [-0.4, -0.2) is 59.3 Å². The van der Waals surface area contributed by atoms with Crippen LogP contribution in [0.25, 0.3) is 11.4 Å². The van der Waals surface area contributed by atoms with Crippen LogP contribution >= 0.6 is 0 Å². The van der Waals surface area contributed by atoms with Gasteiger partial charge in [0.25, 0.3) is 0 Å². The minimum Gasteiger partial charge on any atom is -0.379 e. The molecule has 3 aromatic rings. The number of hydrogen-bond acceptors (Lipinski definition) is 6. The molecule has 0 saturated carbocycles. The third-order valence-electron chi connectivity index (χ3n) is 6.33. The lowest BCUT2D eigenvalue weighted by Crippen LogP contribution is -2.40. The van der Waals surface area contributed by atoms with E-state index in [4.69, 9.17) is 14.2 Å². The molecule has 6 nitrogen and oxygen atoms in total. The van der Waals surface area contributed by atoms with Gasteiger partial charge in [-0.2, -0.15) is 4.98 Å². The van der Waals surface area contributed by atoms with Crippen LogP contribution in [0.3, 0.4) is 0 Å². The summed E-state index contributed by atoms with van der Waals surface area (Å²) >= 11 is 0. The number of rotatable bonds is 6. The maximum atomic E-state index is 14.7. The minimum absolute atomic E-state index is 0.271. The number of piperidine rings is 1. The molecular formula is C25H29FN4O2.